The lowest BCUT2D eigenvalue weighted by Gasteiger charge is -1.99. The van der Waals surface area contributed by atoms with Crippen molar-refractivity contribution in [3.63, 3.8) is 0 Å². The molecule has 0 aliphatic rings. The van der Waals surface area contributed by atoms with Gasteiger partial charge in [0.1, 0.15) is 15.8 Å². The zero-order valence-corrected chi connectivity index (χ0v) is 9.42. The summed E-state index contributed by atoms with van der Waals surface area (Å²) < 4.78 is 7.39. The lowest BCUT2D eigenvalue weighted by atomic mass is 10.6. The minimum absolute atomic E-state index is 0.114. The number of halogens is 2. The molecule has 0 unspecified atom stereocenters. The van der Waals surface area contributed by atoms with Crippen molar-refractivity contribution in [3.8, 4) is 0 Å². The number of esters is 1. The first-order valence-corrected chi connectivity index (χ1v) is 4.67. The molecule has 0 saturated carbocycles. The van der Waals surface area contributed by atoms with Crippen molar-refractivity contribution in [1.29, 1.82) is 0 Å². The van der Waals surface area contributed by atoms with Crippen LogP contribution in [0.5, 0.6) is 0 Å². The molecule has 0 N–H and O–H groups in total. The van der Waals surface area contributed by atoms with Gasteiger partial charge in [-0.2, -0.15) is 5.10 Å². The van der Waals surface area contributed by atoms with Crippen LogP contribution in [-0.4, -0.2) is 22.9 Å². The molecule has 0 aromatic carbocycles. The number of nitrogens with zero attached hydrogens (tertiary/aromatic N) is 2. The fraction of sp³-hybridized carbons (Fsp3) is 0.333. The standard InChI is InChI=1S/C6H6Br2N2O2/c1-12-6(11)3-10-5(8)2-4(7)9-10/h2H,3H2,1H3. The molecular formula is C6H6Br2N2O2. The number of aromatic nitrogens is 2. The van der Waals surface area contributed by atoms with Crippen molar-refractivity contribution < 1.29 is 9.53 Å². The normalized spacial score (nSPS) is 9.92. The second-order valence-electron chi connectivity index (χ2n) is 2.02. The van der Waals surface area contributed by atoms with Crippen LogP contribution in [0, 0.1) is 0 Å². The van der Waals surface area contributed by atoms with E-state index in [-0.39, 0.29) is 12.5 Å². The molecule has 0 spiro atoms. The van der Waals surface area contributed by atoms with E-state index in [1.54, 1.807) is 6.07 Å². The Balaban J connectivity index is 2.75. The Morgan fingerprint density at radius 3 is 2.83 bits per heavy atom. The summed E-state index contributed by atoms with van der Waals surface area (Å²) in [6.07, 6.45) is 0. The molecule has 0 saturated heterocycles. The number of methoxy groups -OCH3 is 1. The zero-order valence-electron chi connectivity index (χ0n) is 6.25. The number of carbonyl (C=O) groups excluding carboxylic acids is 1. The SMILES string of the molecule is COC(=O)Cn1nc(Br)cc1Br. The third kappa shape index (κ3) is 2.31. The van der Waals surface area contributed by atoms with Gasteiger partial charge in [0.2, 0.25) is 0 Å². The molecule has 66 valence electrons. The second-order valence-corrected chi connectivity index (χ2v) is 3.65. The molecule has 0 aliphatic carbocycles. The van der Waals surface area contributed by atoms with Crippen LogP contribution in [0.25, 0.3) is 0 Å². The Hall–Kier alpha value is -0.360. The van der Waals surface area contributed by atoms with Gasteiger partial charge in [0.25, 0.3) is 0 Å². The summed E-state index contributed by atoms with van der Waals surface area (Å²) in [5.74, 6) is -0.327. The average Bonchev–Trinajstić information content (AvgIpc) is 2.30. The summed E-state index contributed by atoms with van der Waals surface area (Å²) in [6, 6.07) is 1.75. The van der Waals surface area contributed by atoms with Crippen molar-refractivity contribution in [1.82, 2.24) is 9.78 Å². The molecule has 0 atom stereocenters. The summed E-state index contributed by atoms with van der Waals surface area (Å²) in [7, 11) is 1.34. The Morgan fingerprint density at radius 2 is 2.42 bits per heavy atom. The topological polar surface area (TPSA) is 44.1 Å². The van der Waals surface area contributed by atoms with Gasteiger partial charge in [0, 0.05) is 6.07 Å². The first kappa shape index (κ1) is 9.73. The predicted octanol–water partition coefficient (Wildman–Crippen LogP) is 1.58. The van der Waals surface area contributed by atoms with E-state index < -0.39 is 0 Å². The van der Waals surface area contributed by atoms with Crippen LogP contribution in [-0.2, 0) is 16.1 Å². The Kier molecular flexibility index (Phi) is 3.28. The summed E-state index contributed by atoms with van der Waals surface area (Å²) in [4.78, 5) is 10.8. The molecule has 1 heterocycles. The van der Waals surface area contributed by atoms with Crippen molar-refractivity contribution >= 4 is 37.8 Å². The second kappa shape index (κ2) is 4.04. The molecule has 12 heavy (non-hydrogen) atoms. The van der Waals surface area contributed by atoms with E-state index in [0.717, 1.165) is 4.60 Å². The molecule has 1 aromatic rings. The molecular weight excluding hydrogens is 292 g/mol. The monoisotopic (exact) mass is 296 g/mol. The van der Waals surface area contributed by atoms with E-state index in [0.29, 0.717) is 4.60 Å². The van der Waals surface area contributed by atoms with Gasteiger partial charge in [0.05, 0.1) is 7.11 Å². The van der Waals surface area contributed by atoms with E-state index in [9.17, 15) is 4.79 Å². The quantitative estimate of drug-likeness (QED) is 0.779. The van der Waals surface area contributed by atoms with Gasteiger partial charge in [0.15, 0.2) is 0 Å². The molecule has 0 amide bonds. The van der Waals surface area contributed by atoms with Crippen LogP contribution in [0.1, 0.15) is 0 Å². The highest BCUT2D eigenvalue weighted by Crippen LogP contribution is 2.15. The Morgan fingerprint density at radius 1 is 1.75 bits per heavy atom. The van der Waals surface area contributed by atoms with Crippen LogP contribution in [0.15, 0.2) is 15.3 Å². The number of hydrogen-bond donors (Lipinski definition) is 0. The third-order valence-corrected chi connectivity index (χ3v) is 2.23. The number of ether oxygens (including phenoxy) is 1. The number of carbonyl (C=O) groups is 1. The first-order valence-electron chi connectivity index (χ1n) is 3.09. The smallest absolute Gasteiger partial charge is 0.327 e. The lowest BCUT2D eigenvalue weighted by Crippen LogP contribution is -2.12. The van der Waals surface area contributed by atoms with Crippen molar-refractivity contribution in [2.75, 3.05) is 7.11 Å². The maximum atomic E-state index is 10.8. The van der Waals surface area contributed by atoms with Crippen LogP contribution < -0.4 is 0 Å². The number of hydrogen-bond acceptors (Lipinski definition) is 3. The molecule has 0 aliphatic heterocycles. The summed E-state index contributed by atoms with van der Waals surface area (Å²) in [5.41, 5.74) is 0. The maximum absolute atomic E-state index is 10.8. The molecule has 4 nitrogen and oxygen atoms in total. The van der Waals surface area contributed by atoms with Crippen molar-refractivity contribution in [2.24, 2.45) is 0 Å². The largest absolute Gasteiger partial charge is 0.468 e. The van der Waals surface area contributed by atoms with Crippen LogP contribution in [0.2, 0.25) is 0 Å². The van der Waals surface area contributed by atoms with Gasteiger partial charge in [-0.05, 0) is 31.9 Å². The average molecular weight is 298 g/mol. The van der Waals surface area contributed by atoms with Crippen LogP contribution in [0.3, 0.4) is 0 Å². The molecule has 0 bridgehead atoms. The van der Waals surface area contributed by atoms with E-state index in [1.165, 1.54) is 11.8 Å². The van der Waals surface area contributed by atoms with E-state index in [4.69, 9.17) is 0 Å². The summed E-state index contributed by atoms with van der Waals surface area (Å²) in [6.45, 7) is 0.114. The Labute approximate surface area is 86.1 Å². The summed E-state index contributed by atoms with van der Waals surface area (Å²) >= 11 is 6.42. The van der Waals surface area contributed by atoms with Gasteiger partial charge in [-0.1, -0.05) is 0 Å². The Bertz CT molecular complexity index is 298. The fourth-order valence-electron chi connectivity index (χ4n) is 0.662. The highest BCUT2D eigenvalue weighted by atomic mass is 79.9. The molecule has 1 rings (SSSR count). The lowest BCUT2D eigenvalue weighted by molar-refractivity contribution is -0.141. The molecule has 0 radical (unpaired) electrons. The van der Waals surface area contributed by atoms with E-state index in [2.05, 4.69) is 41.7 Å². The van der Waals surface area contributed by atoms with E-state index >= 15 is 0 Å². The molecule has 1 aromatic heterocycles. The van der Waals surface area contributed by atoms with Gasteiger partial charge in [-0.15, -0.1) is 0 Å². The zero-order chi connectivity index (χ0) is 9.14. The highest BCUT2D eigenvalue weighted by Gasteiger charge is 2.07. The van der Waals surface area contributed by atoms with Gasteiger partial charge in [-0.3, -0.25) is 4.79 Å². The summed E-state index contributed by atoms with van der Waals surface area (Å²) in [5, 5.41) is 3.98. The van der Waals surface area contributed by atoms with Crippen molar-refractivity contribution in [2.45, 2.75) is 6.54 Å². The van der Waals surface area contributed by atoms with Gasteiger partial charge >= 0.3 is 5.97 Å². The third-order valence-electron chi connectivity index (χ3n) is 1.21. The van der Waals surface area contributed by atoms with E-state index in [1.807, 2.05) is 0 Å². The molecule has 6 heteroatoms. The van der Waals surface area contributed by atoms with Gasteiger partial charge in [-0.25, -0.2) is 4.68 Å². The molecule has 0 fully saturated rings. The predicted molar refractivity (Wildman–Crippen MR) is 49.6 cm³/mol. The fourth-order valence-corrected chi connectivity index (χ4v) is 1.80. The first-order chi connectivity index (χ1) is 5.63. The number of rotatable bonds is 2. The maximum Gasteiger partial charge on any atom is 0.327 e. The minimum atomic E-state index is -0.327. The van der Waals surface area contributed by atoms with Gasteiger partial charge < -0.3 is 4.74 Å². The van der Waals surface area contributed by atoms with Crippen LogP contribution >= 0.6 is 31.9 Å². The highest BCUT2D eigenvalue weighted by molar-refractivity contribution is 9.11. The van der Waals surface area contributed by atoms with Crippen LogP contribution in [0.4, 0.5) is 0 Å². The minimum Gasteiger partial charge on any atom is -0.468 e. The van der Waals surface area contributed by atoms with Crippen molar-refractivity contribution in [3.05, 3.63) is 15.3 Å².